The van der Waals surface area contributed by atoms with Crippen LogP contribution in [-0.4, -0.2) is 29.6 Å². The summed E-state index contributed by atoms with van der Waals surface area (Å²) in [6.45, 7) is 2.93. The molecule has 1 N–H and O–H groups in total. The van der Waals surface area contributed by atoms with E-state index in [9.17, 15) is 9.59 Å². The van der Waals surface area contributed by atoms with E-state index in [1.807, 2.05) is 0 Å². The number of hydrogen-bond donors (Lipinski definition) is 1. The molecule has 0 spiro atoms. The first-order valence-corrected chi connectivity index (χ1v) is 8.12. The standard InChI is InChI=1S/C17H16Cl2N2O4/c1-10-8-12(18)5-6-14(10)24-9-15(22)25-11(2)17(23)21-13-4-3-7-20-16(13)19/h3-8,11H,9H2,1-2H3,(H,21,23). The van der Waals surface area contributed by atoms with Gasteiger partial charge < -0.3 is 14.8 Å². The van der Waals surface area contributed by atoms with Gasteiger partial charge in [-0.15, -0.1) is 0 Å². The van der Waals surface area contributed by atoms with Crippen LogP contribution in [-0.2, 0) is 14.3 Å². The number of rotatable bonds is 6. The zero-order valence-electron chi connectivity index (χ0n) is 13.6. The summed E-state index contributed by atoms with van der Waals surface area (Å²) >= 11 is 11.7. The van der Waals surface area contributed by atoms with Crippen LogP contribution in [0.1, 0.15) is 12.5 Å². The largest absolute Gasteiger partial charge is 0.482 e. The minimum absolute atomic E-state index is 0.149. The number of carbonyl (C=O) groups is 2. The third kappa shape index (κ3) is 5.62. The van der Waals surface area contributed by atoms with E-state index in [0.29, 0.717) is 16.5 Å². The van der Waals surface area contributed by atoms with Crippen molar-refractivity contribution >= 4 is 40.8 Å². The Bertz CT molecular complexity index is 783. The highest BCUT2D eigenvalue weighted by atomic mass is 35.5. The number of hydrogen-bond acceptors (Lipinski definition) is 5. The lowest BCUT2D eigenvalue weighted by molar-refractivity contribution is -0.155. The van der Waals surface area contributed by atoms with Gasteiger partial charge in [-0.25, -0.2) is 9.78 Å². The Kier molecular flexibility index (Phi) is 6.61. The van der Waals surface area contributed by atoms with Crippen molar-refractivity contribution in [2.45, 2.75) is 20.0 Å². The quantitative estimate of drug-likeness (QED) is 0.609. The molecular formula is C17H16Cl2N2O4. The summed E-state index contributed by atoms with van der Waals surface area (Å²) < 4.78 is 10.4. The van der Waals surface area contributed by atoms with E-state index in [0.717, 1.165) is 5.56 Å². The third-order valence-electron chi connectivity index (χ3n) is 3.18. The van der Waals surface area contributed by atoms with Gasteiger partial charge >= 0.3 is 5.97 Å². The molecule has 0 aliphatic heterocycles. The molecule has 25 heavy (non-hydrogen) atoms. The predicted molar refractivity (Wildman–Crippen MR) is 95.1 cm³/mol. The van der Waals surface area contributed by atoms with Gasteiger partial charge in [-0.1, -0.05) is 23.2 Å². The number of esters is 1. The van der Waals surface area contributed by atoms with Gasteiger partial charge in [0.1, 0.15) is 5.75 Å². The molecule has 6 nitrogen and oxygen atoms in total. The molecule has 0 aliphatic rings. The number of halogens is 2. The van der Waals surface area contributed by atoms with Gasteiger partial charge in [-0.05, 0) is 49.7 Å². The van der Waals surface area contributed by atoms with Crippen molar-refractivity contribution in [2.24, 2.45) is 0 Å². The molecule has 2 aromatic rings. The molecule has 0 aliphatic carbocycles. The molecule has 8 heteroatoms. The Morgan fingerprint density at radius 2 is 2.04 bits per heavy atom. The van der Waals surface area contributed by atoms with Crippen molar-refractivity contribution in [2.75, 3.05) is 11.9 Å². The molecule has 1 amide bonds. The number of carbonyl (C=O) groups excluding carboxylic acids is 2. The monoisotopic (exact) mass is 382 g/mol. The highest BCUT2D eigenvalue weighted by Crippen LogP contribution is 2.22. The van der Waals surface area contributed by atoms with Crippen LogP contribution in [0.25, 0.3) is 0 Å². The lowest BCUT2D eigenvalue weighted by Crippen LogP contribution is -2.31. The summed E-state index contributed by atoms with van der Waals surface area (Å²) in [7, 11) is 0. The number of anilines is 1. The molecule has 1 aromatic carbocycles. The van der Waals surface area contributed by atoms with Crippen molar-refractivity contribution in [3.05, 3.63) is 52.3 Å². The molecule has 132 valence electrons. The summed E-state index contributed by atoms with van der Waals surface area (Å²) in [4.78, 5) is 27.7. The van der Waals surface area contributed by atoms with Gasteiger partial charge in [0.05, 0.1) is 5.69 Å². The normalized spacial score (nSPS) is 11.5. The first-order chi connectivity index (χ1) is 11.9. The Hall–Kier alpha value is -2.31. The summed E-state index contributed by atoms with van der Waals surface area (Å²) in [6.07, 6.45) is 0.482. The maximum atomic E-state index is 12.0. The Morgan fingerprint density at radius 1 is 1.28 bits per heavy atom. The lowest BCUT2D eigenvalue weighted by atomic mass is 10.2. The number of benzene rings is 1. The van der Waals surface area contributed by atoms with E-state index >= 15 is 0 Å². The van der Waals surface area contributed by atoms with Crippen LogP contribution in [0.3, 0.4) is 0 Å². The Balaban J connectivity index is 1.85. The van der Waals surface area contributed by atoms with Crippen molar-refractivity contribution in [3.63, 3.8) is 0 Å². The van der Waals surface area contributed by atoms with Crippen molar-refractivity contribution < 1.29 is 19.1 Å². The number of aryl methyl sites for hydroxylation is 1. The molecule has 1 unspecified atom stereocenters. The maximum absolute atomic E-state index is 12.0. The van der Waals surface area contributed by atoms with Gasteiger partial charge in [0, 0.05) is 11.2 Å². The van der Waals surface area contributed by atoms with Crippen molar-refractivity contribution in [1.29, 1.82) is 0 Å². The zero-order valence-corrected chi connectivity index (χ0v) is 15.1. The van der Waals surface area contributed by atoms with Crippen LogP contribution in [0, 0.1) is 6.92 Å². The van der Waals surface area contributed by atoms with Crippen LogP contribution >= 0.6 is 23.2 Å². The van der Waals surface area contributed by atoms with Gasteiger partial charge in [0.15, 0.2) is 17.9 Å². The highest BCUT2D eigenvalue weighted by Gasteiger charge is 2.19. The number of aromatic nitrogens is 1. The fraction of sp³-hybridized carbons (Fsp3) is 0.235. The Labute approximate surface area is 155 Å². The molecule has 1 aromatic heterocycles. The highest BCUT2D eigenvalue weighted by molar-refractivity contribution is 6.32. The van der Waals surface area contributed by atoms with Gasteiger partial charge in [-0.3, -0.25) is 4.79 Å². The number of pyridine rings is 1. The summed E-state index contributed by atoms with van der Waals surface area (Å²) in [6, 6.07) is 8.25. The maximum Gasteiger partial charge on any atom is 0.344 e. The second kappa shape index (κ2) is 8.69. The topological polar surface area (TPSA) is 77.5 Å². The van der Waals surface area contributed by atoms with E-state index in [1.54, 1.807) is 37.3 Å². The first kappa shape index (κ1) is 19.0. The molecule has 0 radical (unpaired) electrons. The number of nitrogens with one attached hydrogen (secondary N) is 1. The number of nitrogens with zero attached hydrogens (tertiary/aromatic N) is 1. The van der Waals surface area contributed by atoms with E-state index in [2.05, 4.69) is 10.3 Å². The summed E-state index contributed by atoms with van der Waals surface area (Å²) in [5.74, 6) is -0.680. The number of amides is 1. The van der Waals surface area contributed by atoms with E-state index in [4.69, 9.17) is 32.7 Å². The average molecular weight is 383 g/mol. The first-order valence-electron chi connectivity index (χ1n) is 7.36. The summed E-state index contributed by atoms with van der Waals surface area (Å²) in [5.41, 5.74) is 1.13. The molecule has 1 atom stereocenters. The van der Waals surface area contributed by atoms with Crippen LogP contribution in [0.15, 0.2) is 36.5 Å². The second-order valence-electron chi connectivity index (χ2n) is 5.16. The molecule has 0 saturated carbocycles. The minimum Gasteiger partial charge on any atom is -0.482 e. The summed E-state index contributed by atoms with van der Waals surface area (Å²) in [5, 5.41) is 3.26. The fourth-order valence-corrected chi connectivity index (χ4v) is 2.30. The van der Waals surface area contributed by atoms with Gasteiger partial charge in [0.25, 0.3) is 5.91 Å². The van der Waals surface area contributed by atoms with Crippen LogP contribution in [0.2, 0.25) is 10.2 Å². The van der Waals surface area contributed by atoms with Crippen LogP contribution in [0.5, 0.6) is 5.75 Å². The minimum atomic E-state index is -1.02. The van der Waals surface area contributed by atoms with Crippen molar-refractivity contribution in [1.82, 2.24) is 4.98 Å². The molecular weight excluding hydrogens is 367 g/mol. The van der Waals surface area contributed by atoms with Crippen LogP contribution < -0.4 is 10.1 Å². The molecule has 0 bridgehead atoms. The zero-order chi connectivity index (χ0) is 18.4. The third-order valence-corrected chi connectivity index (χ3v) is 3.71. The SMILES string of the molecule is Cc1cc(Cl)ccc1OCC(=O)OC(C)C(=O)Nc1cccnc1Cl. The van der Waals surface area contributed by atoms with Crippen molar-refractivity contribution in [3.8, 4) is 5.75 Å². The smallest absolute Gasteiger partial charge is 0.344 e. The van der Waals surface area contributed by atoms with Gasteiger partial charge in [-0.2, -0.15) is 0 Å². The van der Waals surface area contributed by atoms with E-state index in [-0.39, 0.29) is 11.8 Å². The van der Waals surface area contributed by atoms with E-state index < -0.39 is 18.0 Å². The molecule has 2 rings (SSSR count). The fourth-order valence-electron chi connectivity index (χ4n) is 1.91. The average Bonchev–Trinajstić information content (AvgIpc) is 2.56. The van der Waals surface area contributed by atoms with E-state index in [1.165, 1.54) is 13.1 Å². The number of ether oxygens (including phenoxy) is 2. The molecule has 1 heterocycles. The molecule has 0 fully saturated rings. The second-order valence-corrected chi connectivity index (χ2v) is 5.96. The van der Waals surface area contributed by atoms with Crippen LogP contribution in [0.4, 0.5) is 5.69 Å². The lowest BCUT2D eigenvalue weighted by Gasteiger charge is -2.14. The Morgan fingerprint density at radius 3 is 2.72 bits per heavy atom. The predicted octanol–water partition coefficient (Wildman–Crippen LogP) is 3.65. The van der Waals surface area contributed by atoms with Gasteiger partial charge in [0.2, 0.25) is 0 Å². The molecule has 0 saturated heterocycles.